The van der Waals surface area contributed by atoms with Crippen LogP contribution < -0.4 is 5.73 Å². The summed E-state index contributed by atoms with van der Waals surface area (Å²) in [6, 6.07) is 0. The van der Waals surface area contributed by atoms with Gasteiger partial charge in [0.05, 0.1) is 6.61 Å². The Bertz CT molecular complexity index is 158. The molecule has 1 atom stereocenters. The first kappa shape index (κ1) is 10.1. The van der Waals surface area contributed by atoms with Gasteiger partial charge in [-0.2, -0.15) is 0 Å². The number of methoxy groups -OCH3 is 1. The highest BCUT2D eigenvalue weighted by Crippen LogP contribution is 2.09. The molecule has 0 saturated carbocycles. The van der Waals surface area contributed by atoms with Crippen molar-refractivity contribution in [2.45, 2.75) is 12.7 Å². The maximum atomic E-state index is 10.7. The maximum Gasteiger partial charge on any atom is 0.277 e. The lowest BCUT2D eigenvalue weighted by Gasteiger charge is -2.23. The second kappa shape index (κ2) is 4.10. The Kier molecular flexibility index (Phi) is 3.78. The predicted molar refractivity (Wildman–Crippen MR) is 40.8 cm³/mol. The van der Waals surface area contributed by atoms with Gasteiger partial charge in [-0.1, -0.05) is 6.08 Å². The molecule has 0 saturated heterocycles. The van der Waals surface area contributed by atoms with Crippen LogP contribution in [-0.2, 0) is 14.3 Å². The number of primary amides is 1. The summed E-state index contributed by atoms with van der Waals surface area (Å²) >= 11 is 0. The molecule has 1 amide bonds. The summed E-state index contributed by atoms with van der Waals surface area (Å²) in [6.45, 7) is 5.11. The van der Waals surface area contributed by atoms with Crippen LogP contribution in [0.1, 0.15) is 6.92 Å². The number of hydrogen-bond acceptors (Lipinski definition) is 3. The molecule has 0 aromatic carbocycles. The van der Waals surface area contributed by atoms with E-state index < -0.39 is 11.7 Å². The molecular formula is C7H13NO3. The summed E-state index contributed by atoms with van der Waals surface area (Å²) in [5.41, 5.74) is 5.00. The minimum Gasteiger partial charge on any atom is -0.365 e. The topological polar surface area (TPSA) is 61.6 Å². The second-order valence-electron chi connectivity index (χ2n) is 2.11. The summed E-state index contributed by atoms with van der Waals surface area (Å²) in [5.74, 6) is -1.99. The third kappa shape index (κ3) is 2.69. The first-order valence-electron chi connectivity index (χ1n) is 3.16. The largest absolute Gasteiger partial charge is 0.365 e. The van der Waals surface area contributed by atoms with Gasteiger partial charge >= 0.3 is 0 Å². The van der Waals surface area contributed by atoms with Crippen molar-refractivity contribution in [3.8, 4) is 0 Å². The van der Waals surface area contributed by atoms with Gasteiger partial charge in [0.15, 0.2) is 0 Å². The summed E-state index contributed by atoms with van der Waals surface area (Å²) in [4.78, 5) is 10.7. The van der Waals surface area contributed by atoms with E-state index in [4.69, 9.17) is 15.2 Å². The van der Waals surface area contributed by atoms with Gasteiger partial charge < -0.3 is 15.2 Å². The van der Waals surface area contributed by atoms with E-state index in [1.54, 1.807) is 0 Å². The van der Waals surface area contributed by atoms with Crippen LogP contribution in [-0.4, -0.2) is 25.4 Å². The quantitative estimate of drug-likeness (QED) is 0.455. The predicted octanol–water partition coefficient (Wildman–Crippen LogP) is 0.0369. The lowest BCUT2D eigenvalue weighted by atomic mass is 10.3. The Hall–Kier alpha value is -0.870. The molecule has 0 rings (SSSR count). The van der Waals surface area contributed by atoms with Crippen LogP contribution in [0, 0.1) is 0 Å². The number of hydrogen-bond donors (Lipinski definition) is 1. The van der Waals surface area contributed by atoms with Gasteiger partial charge in [-0.3, -0.25) is 4.79 Å². The van der Waals surface area contributed by atoms with E-state index in [0.717, 1.165) is 0 Å². The van der Waals surface area contributed by atoms with Crippen LogP contribution in [0.25, 0.3) is 0 Å². The van der Waals surface area contributed by atoms with E-state index in [-0.39, 0.29) is 6.61 Å². The van der Waals surface area contributed by atoms with Crippen molar-refractivity contribution in [2.75, 3.05) is 13.7 Å². The summed E-state index contributed by atoms with van der Waals surface area (Å²) in [6.07, 6.45) is 1.51. The standard InChI is InChI=1S/C7H13NO3/c1-4-5-11-7(2,10-3)6(8)9/h4H,1,5H2,2-3H3,(H2,8,9). The zero-order valence-electron chi connectivity index (χ0n) is 6.79. The van der Waals surface area contributed by atoms with Crippen LogP contribution >= 0.6 is 0 Å². The van der Waals surface area contributed by atoms with Gasteiger partial charge in [0.1, 0.15) is 0 Å². The summed E-state index contributed by atoms with van der Waals surface area (Å²) < 4.78 is 9.73. The molecular weight excluding hydrogens is 146 g/mol. The Labute approximate surface area is 66.0 Å². The highest BCUT2D eigenvalue weighted by molar-refractivity contribution is 5.81. The normalized spacial score (nSPS) is 15.5. The van der Waals surface area contributed by atoms with Crippen LogP contribution in [0.2, 0.25) is 0 Å². The zero-order valence-corrected chi connectivity index (χ0v) is 6.79. The molecule has 0 radical (unpaired) electrons. The molecule has 0 aromatic heterocycles. The number of nitrogens with two attached hydrogens (primary N) is 1. The summed E-state index contributed by atoms with van der Waals surface area (Å²) in [7, 11) is 1.36. The van der Waals surface area contributed by atoms with Crippen molar-refractivity contribution in [3.63, 3.8) is 0 Å². The molecule has 0 aliphatic carbocycles. The average molecular weight is 159 g/mol. The minimum atomic E-state index is -1.34. The smallest absolute Gasteiger partial charge is 0.277 e. The fourth-order valence-electron chi connectivity index (χ4n) is 0.449. The summed E-state index contributed by atoms with van der Waals surface area (Å²) in [5, 5.41) is 0. The van der Waals surface area contributed by atoms with Crippen LogP contribution in [0.4, 0.5) is 0 Å². The third-order valence-corrected chi connectivity index (χ3v) is 1.31. The SMILES string of the molecule is C=CCOC(C)(OC)C(N)=O. The Balaban J connectivity index is 4.09. The molecule has 0 bridgehead atoms. The molecule has 4 nitrogen and oxygen atoms in total. The van der Waals surface area contributed by atoms with Crippen molar-refractivity contribution < 1.29 is 14.3 Å². The average Bonchev–Trinajstić information content (AvgIpc) is 2.00. The number of rotatable bonds is 5. The molecule has 4 heteroatoms. The Morgan fingerprint density at radius 3 is 2.64 bits per heavy atom. The molecule has 11 heavy (non-hydrogen) atoms. The van der Waals surface area contributed by atoms with Gasteiger partial charge in [0.25, 0.3) is 5.91 Å². The molecule has 0 fully saturated rings. The van der Waals surface area contributed by atoms with Gasteiger partial charge in [-0.25, -0.2) is 0 Å². The molecule has 64 valence electrons. The molecule has 0 spiro atoms. The highest BCUT2D eigenvalue weighted by atomic mass is 16.7. The van der Waals surface area contributed by atoms with Gasteiger partial charge in [0, 0.05) is 7.11 Å². The maximum absolute atomic E-state index is 10.7. The fraction of sp³-hybridized carbons (Fsp3) is 0.571. The van der Waals surface area contributed by atoms with Crippen molar-refractivity contribution in [1.82, 2.24) is 0 Å². The molecule has 0 heterocycles. The van der Waals surface area contributed by atoms with E-state index >= 15 is 0 Å². The van der Waals surface area contributed by atoms with Crippen molar-refractivity contribution in [1.29, 1.82) is 0 Å². The lowest BCUT2D eigenvalue weighted by molar-refractivity contribution is -0.204. The number of amides is 1. The number of carbonyl (C=O) groups is 1. The number of carbonyl (C=O) groups excluding carboxylic acids is 1. The van der Waals surface area contributed by atoms with E-state index in [9.17, 15) is 4.79 Å². The Morgan fingerprint density at radius 2 is 2.36 bits per heavy atom. The monoisotopic (exact) mass is 159 g/mol. The second-order valence-corrected chi connectivity index (χ2v) is 2.11. The van der Waals surface area contributed by atoms with Gasteiger partial charge in [0.2, 0.25) is 5.79 Å². The van der Waals surface area contributed by atoms with Crippen molar-refractivity contribution in [3.05, 3.63) is 12.7 Å². The zero-order chi connectivity index (χ0) is 8.91. The molecule has 1 unspecified atom stereocenters. The molecule has 0 aromatic rings. The van der Waals surface area contributed by atoms with Gasteiger partial charge in [-0.05, 0) is 6.92 Å². The van der Waals surface area contributed by atoms with Crippen LogP contribution in [0.15, 0.2) is 12.7 Å². The Morgan fingerprint density at radius 1 is 1.82 bits per heavy atom. The third-order valence-electron chi connectivity index (χ3n) is 1.31. The van der Waals surface area contributed by atoms with E-state index in [1.807, 2.05) is 0 Å². The fourth-order valence-corrected chi connectivity index (χ4v) is 0.449. The lowest BCUT2D eigenvalue weighted by Crippen LogP contribution is -2.45. The van der Waals surface area contributed by atoms with Crippen LogP contribution in [0.3, 0.4) is 0 Å². The van der Waals surface area contributed by atoms with E-state index in [1.165, 1.54) is 20.1 Å². The van der Waals surface area contributed by atoms with Crippen molar-refractivity contribution >= 4 is 5.91 Å². The molecule has 0 aliphatic rings. The van der Waals surface area contributed by atoms with E-state index in [0.29, 0.717) is 0 Å². The first-order chi connectivity index (χ1) is 5.06. The van der Waals surface area contributed by atoms with Gasteiger partial charge in [-0.15, -0.1) is 6.58 Å². The molecule has 0 aliphatic heterocycles. The highest BCUT2D eigenvalue weighted by Gasteiger charge is 2.31. The van der Waals surface area contributed by atoms with Crippen molar-refractivity contribution in [2.24, 2.45) is 5.73 Å². The van der Waals surface area contributed by atoms with Crippen LogP contribution in [0.5, 0.6) is 0 Å². The minimum absolute atomic E-state index is 0.229. The molecule has 2 N–H and O–H groups in total. The number of ether oxygens (including phenoxy) is 2. The first-order valence-corrected chi connectivity index (χ1v) is 3.16. The van der Waals surface area contributed by atoms with E-state index in [2.05, 4.69) is 6.58 Å².